The van der Waals surface area contributed by atoms with E-state index in [1.54, 1.807) is 6.07 Å². The summed E-state index contributed by atoms with van der Waals surface area (Å²) in [5.74, 6) is 0.225. The number of rotatable bonds is 4. The fourth-order valence-corrected chi connectivity index (χ4v) is 4.51. The number of aldehydes is 1. The maximum atomic E-state index is 12.5. The molecule has 3 rings (SSSR count). The lowest BCUT2D eigenvalue weighted by Gasteiger charge is -2.46. The summed E-state index contributed by atoms with van der Waals surface area (Å²) in [7, 11) is 0. The fraction of sp³-hybridized carbons (Fsp3) is 0.579. The summed E-state index contributed by atoms with van der Waals surface area (Å²) in [4.78, 5) is 26.0. The van der Waals surface area contributed by atoms with Crippen molar-refractivity contribution in [3.8, 4) is 0 Å². The lowest BCUT2D eigenvalue weighted by Crippen LogP contribution is -2.53. The van der Waals surface area contributed by atoms with Crippen LogP contribution in [-0.4, -0.2) is 29.7 Å². The largest absolute Gasteiger partial charge is 0.339 e. The summed E-state index contributed by atoms with van der Waals surface area (Å²) in [6, 6.07) is 5.92. The van der Waals surface area contributed by atoms with Gasteiger partial charge in [0.15, 0.2) is 0 Å². The highest BCUT2D eigenvalue weighted by Gasteiger charge is 2.42. The van der Waals surface area contributed by atoms with Crippen LogP contribution in [-0.2, 0) is 15.0 Å². The van der Waals surface area contributed by atoms with Gasteiger partial charge in [0.2, 0.25) is 5.91 Å². The van der Waals surface area contributed by atoms with E-state index in [0.29, 0.717) is 41.9 Å². The maximum absolute atomic E-state index is 12.5. The molecule has 1 aliphatic heterocycles. The van der Waals surface area contributed by atoms with Crippen molar-refractivity contribution < 1.29 is 9.59 Å². The zero-order valence-corrected chi connectivity index (χ0v) is 15.3. The van der Waals surface area contributed by atoms with Crippen molar-refractivity contribution in [3.05, 3.63) is 33.8 Å². The molecule has 5 heteroatoms. The molecular formula is C19H23Cl2NO2. The highest BCUT2D eigenvalue weighted by atomic mass is 35.5. The third-order valence-corrected chi connectivity index (χ3v) is 6.37. The Kier molecular flexibility index (Phi) is 5.51. The number of carbonyl (C=O) groups is 2. The quantitative estimate of drug-likeness (QED) is 0.718. The second-order valence-electron chi connectivity index (χ2n) is 7.09. The molecule has 2 fully saturated rings. The molecule has 0 unspecified atom stereocenters. The van der Waals surface area contributed by atoms with Gasteiger partial charge in [0.1, 0.15) is 6.29 Å². The monoisotopic (exact) mass is 367 g/mol. The van der Waals surface area contributed by atoms with E-state index in [9.17, 15) is 9.59 Å². The van der Waals surface area contributed by atoms with Crippen molar-refractivity contribution in [2.45, 2.75) is 62.8 Å². The van der Waals surface area contributed by atoms with Crippen molar-refractivity contribution >= 4 is 35.4 Å². The van der Waals surface area contributed by atoms with Gasteiger partial charge in [-0.15, -0.1) is 0 Å². The van der Waals surface area contributed by atoms with Gasteiger partial charge < -0.3 is 9.69 Å². The smallest absolute Gasteiger partial charge is 0.222 e. The van der Waals surface area contributed by atoms with E-state index in [0.717, 1.165) is 24.7 Å². The lowest BCUT2D eigenvalue weighted by molar-refractivity contribution is -0.139. The van der Waals surface area contributed by atoms with Crippen molar-refractivity contribution in [1.29, 1.82) is 0 Å². The molecule has 24 heavy (non-hydrogen) atoms. The second kappa shape index (κ2) is 7.45. The predicted octanol–water partition coefficient (Wildman–Crippen LogP) is 4.78. The van der Waals surface area contributed by atoms with Gasteiger partial charge in [0.05, 0.1) is 10.0 Å². The number of hydrogen-bond donors (Lipinski definition) is 0. The van der Waals surface area contributed by atoms with Gasteiger partial charge in [-0.1, -0.05) is 48.5 Å². The minimum atomic E-state index is -0.346. The molecule has 1 amide bonds. The number of nitrogens with zero attached hydrogens (tertiary/aromatic N) is 1. The first-order valence-corrected chi connectivity index (χ1v) is 9.50. The molecule has 2 aliphatic rings. The standard InChI is InChI=1S/C19H23Cl2NO2/c20-16-7-6-14(12-17(16)21)19(10-11-23)9-8-18(24)22(13-19)15-4-2-1-3-5-15/h6-7,11-12,15H,1-5,8-10,13H2/t19-/m1/s1. The number of piperidine rings is 1. The van der Waals surface area contributed by atoms with Crippen molar-refractivity contribution in [2.75, 3.05) is 6.54 Å². The first-order valence-electron chi connectivity index (χ1n) is 8.74. The Bertz CT molecular complexity index is 628. The summed E-state index contributed by atoms with van der Waals surface area (Å²) >= 11 is 12.3. The maximum Gasteiger partial charge on any atom is 0.222 e. The van der Waals surface area contributed by atoms with E-state index in [1.807, 2.05) is 17.0 Å². The highest BCUT2D eigenvalue weighted by molar-refractivity contribution is 6.42. The molecule has 1 heterocycles. The zero-order chi connectivity index (χ0) is 17.2. The molecule has 1 saturated carbocycles. The number of benzene rings is 1. The Morgan fingerprint density at radius 3 is 2.58 bits per heavy atom. The SMILES string of the molecule is O=CC[C@]1(c2ccc(Cl)c(Cl)c2)CCC(=O)N(C2CCCCC2)C1. The average Bonchev–Trinajstić information content (AvgIpc) is 2.60. The molecule has 1 atom stereocenters. The Hall–Kier alpha value is -1.06. The van der Waals surface area contributed by atoms with Crippen LogP contribution in [0, 0.1) is 0 Å². The van der Waals surface area contributed by atoms with Gasteiger partial charge in [-0.3, -0.25) is 4.79 Å². The topological polar surface area (TPSA) is 37.4 Å². The van der Waals surface area contributed by atoms with Gasteiger partial charge in [0.25, 0.3) is 0 Å². The second-order valence-corrected chi connectivity index (χ2v) is 7.91. The number of hydrogen-bond acceptors (Lipinski definition) is 2. The normalized spacial score (nSPS) is 25.8. The van der Waals surface area contributed by atoms with Gasteiger partial charge in [-0.25, -0.2) is 0 Å². The van der Waals surface area contributed by atoms with Crippen LogP contribution < -0.4 is 0 Å². The third kappa shape index (κ3) is 3.48. The van der Waals surface area contributed by atoms with E-state index < -0.39 is 0 Å². The van der Waals surface area contributed by atoms with Crippen molar-refractivity contribution in [1.82, 2.24) is 4.90 Å². The summed E-state index contributed by atoms with van der Waals surface area (Å²) < 4.78 is 0. The van der Waals surface area contributed by atoms with E-state index in [2.05, 4.69) is 0 Å². The molecule has 0 radical (unpaired) electrons. The summed E-state index contributed by atoms with van der Waals surface area (Å²) in [6.45, 7) is 0.604. The van der Waals surface area contributed by atoms with Crippen LogP contribution in [0.15, 0.2) is 18.2 Å². The number of amides is 1. The summed E-state index contributed by atoms with van der Waals surface area (Å²) in [5, 5.41) is 1.01. The molecule has 0 N–H and O–H groups in total. The lowest BCUT2D eigenvalue weighted by atomic mass is 9.71. The van der Waals surface area contributed by atoms with E-state index in [4.69, 9.17) is 23.2 Å². The molecule has 0 bridgehead atoms. The molecule has 130 valence electrons. The highest BCUT2D eigenvalue weighted by Crippen LogP contribution is 2.41. The molecular weight excluding hydrogens is 345 g/mol. The van der Waals surface area contributed by atoms with Crippen LogP contribution in [0.5, 0.6) is 0 Å². The molecule has 0 aromatic heterocycles. The summed E-state index contributed by atoms with van der Waals surface area (Å²) in [6.07, 6.45) is 8.32. The summed E-state index contributed by atoms with van der Waals surface area (Å²) in [5.41, 5.74) is 0.666. The third-order valence-electron chi connectivity index (χ3n) is 5.63. The van der Waals surface area contributed by atoms with Gasteiger partial charge in [-0.05, 0) is 37.0 Å². The molecule has 1 aromatic carbocycles. The number of carbonyl (C=O) groups excluding carboxylic acids is 2. The van der Waals surface area contributed by atoms with Crippen LogP contribution in [0.2, 0.25) is 10.0 Å². The molecule has 3 nitrogen and oxygen atoms in total. The zero-order valence-electron chi connectivity index (χ0n) is 13.8. The van der Waals surface area contributed by atoms with Crippen LogP contribution in [0.4, 0.5) is 0 Å². The predicted molar refractivity (Wildman–Crippen MR) is 96.6 cm³/mol. The fourth-order valence-electron chi connectivity index (χ4n) is 4.21. The number of halogens is 2. The first kappa shape index (κ1) is 17.8. The van der Waals surface area contributed by atoms with E-state index in [1.165, 1.54) is 19.3 Å². The minimum absolute atomic E-state index is 0.225. The molecule has 1 aliphatic carbocycles. The Morgan fingerprint density at radius 2 is 1.92 bits per heavy atom. The Labute approximate surface area is 153 Å². The molecule has 0 spiro atoms. The Morgan fingerprint density at radius 1 is 1.17 bits per heavy atom. The average molecular weight is 368 g/mol. The van der Waals surface area contributed by atoms with Crippen LogP contribution in [0.25, 0.3) is 0 Å². The first-order chi connectivity index (χ1) is 11.6. The van der Waals surface area contributed by atoms with E-state index in [-0.39, 0.29) is 11.3 Å². The molecule has 1 saturated heterocycles. The van der Waals surface area contributed by atoms with Crippen LogP contribution in [0.1, 0.15) is 56.9 Å². The van der Waals surface area contributed by atoms with Crippen molar-refractivity contribution in [2.24, 2.45) is 0 Å². The van der Waals surface area contributed by atoms with Crippen molar-refractivity contribution in [3.63, 3.8) is 0 Å². The van der Waals surface area contributed by atoms with Gasteiger partial charge in [0, 0.05) is 30.8 Å². The van der Waals surface area contributed by atoms with Gasteiger partial charge in [-0.2, -0.15) is 0 Å². The Balaban J connectivity index is 1.92. The number of likely N-dealkylation sites (tertiary alicyclic amines) is 1. The van der Waals surface area contributed by atoms with Crippen LogP contribution >= 0.6 is 23.2 Å². The molecule has 1 aromatic rings. The van der Waals surface area contributed by atoms with Crippen LogP contribution in [0.3, 0.4) is 0 Å². The van der Waals surface area contributed by atoms with E-state index >= 15 is 0 Å². The van der Waals surface area contributed by atoms with Gasteiger partial charge >= 0.3 is 0 Å². The minimum Gasteiger partial charge on any atom is -0.339 e.